The van der Waals surface area contributed by atoms with Gasteiger partial charge in [0.1, 0.15) is 11.2 Å². The fraction of sp³-hybridized carbons (Fsp3) is 0.154. The van der Waals surface area contributed by atoms with Crippen LogP contribution in [0, 0.1) is 0 Å². The Balaban J connectivity index is 1.35. The van der Waals surface area contributed by atoms with Crippen molar-refractivity contribution in [1.82, 2.24) is 0 Å². The first-order valence-electron chi connectivity index (χ1n) is 15.7. The molecule has 7 heteroatoms. The minimum atomic E-state index is 0.230. The lowest BCUT2D eigenvalue weighted by Crippen LogP contribution is -2.33. The molecule has 5 aromatic rings. The van der Waals surface area contributed by atoms with Crippen LogP contribution in [0.2, 0.25) is 0 Å². The van der Waals surface area contributed by atoms with Gasteiger partial charge in [0.2, 0.25) is 5.52 Å². The quantitative estimate of drug-likeness (QED) is 0.0933. The molecule has 2 aliphatic rings. The SMILES string of the molecule is CC[n+]1c(C=CC2=C(N(c3ccccc3)c3ccccc3)C(=CC=C3Sc4ccccc4N3CCOO)CC2)sc2ccccc21. The van der Waals surface area contributed by atoms with E-state index in [1.165, 1.54) is 37.0 Å². The number of hydrogen-bond acceptors (Lipinski definition) is 6. The van der Waals surface area contributed by atoms with Crippen LogP contribution in [0.25, 0.3) is 16.3 Å². The van der Waals surface area contributed by atoms with Gasteiger partial charge in [-0.05, 0) is 85.5 Å². The summed E-state index contributed by atoms with van der Waals surface area (Å²) >= 11 is 3.60. The highest BCUT2D eigenvalue weighted by molar-refractivity contribution is 8.03. The van der Waals surface area contributed by atoms with Crippen LogP contribution in [0.15, 0.2) is 154 Å². The lowest BCUT2D eigenvalue weighted by Gasteiger charge is -2.28. The van der Waals surface area contributed by atoms with Crippen LogP contribution in [0.1, 0.15) is 24.8 Å². The zero-order valence-electron chi connectivity index (χ0n) is 25.8. The van der Waals surface area contributed by atoms with E-state index in [4.69, 9.17) is 5.26 Å². The zero-order valence-corrected chi connectivity index (χ0v) is 27.4. The van der Waals surface area contributed by atoms with Gasteiger partial charge in [0, 0.05) is 28.4 Å². The second-order valence-electron chi connectivity index (χ2n) is 11.1. The Morgan fingerprint density at radius 2 is 1.52 bits per heavy atom. The Morgan fingerprint density at radius 1 is 0.826 bits per heavy atom. The third-order valence-electron chi connectivity index (χ3n) is 8.37. The molecule has 0 fully saturated rings. The molecular weight excluding hydrogens is 607 g/mol. The van der Waals surface area contributed by atoms with Gasteiger partial charge in [-0.3, -0.25) is 5.26 Å². The monoisotopic (exact) mass is 642 g/mol. The number of anilines is 3. The molecule has 1 N–H and O–H groups in total. The number of hydrogen-bond donors (Lipinski definition) is 1. The van der Waals surface area contributed by atoms with Crippen molar-refractivity contribution in [2.24, 2.45) is 0 Å². The van der Waals surface area contributed by atoms with Gasteiger partial charge >= 0.3 is 0 Å². The summed E-state index contributed by atoms with van der Waals surface area (Å²) in [6.45, 7) is 3.94. The minimum Gasteiger partial charge on any atom is -0.333 e. The average molecular weight is 643 g/mol. The third-order valence-corrected chi connectivity index (χ3v) is 10.6. The molecule has 0 saturated carbocycles. The number of thioether (sulfide) groups is 1. The molecule has 0 bridgehead atoms. The van der Waals surface area contributed by atoms with Gasteiger partial charge in [-0.25, -0.2) is 4.89 Å². The maximum Gasteiger partial charge on any atom is 0.262 e. The molecule has 0 amide bonds. The van der Waals surface area contributed by atoms with Crippen molar-refractivity contribution in [1.29, 1.82) is 0 Å². The molecule has 0 saturated heterocycles. The highest BCUT2D eigenvalue weighted by Gasteiger charge is 2.28. The Bertz CT molecular complexity index is 1920. The highest BCUT2D eigenvalue weighted by Crippen LogP contribution is 2.47. The highest BCUT2D eigenvalue weighted by atomic mass is 32.2. The third kappa shape index (κ3) is 6.07. The van der Waals surface area contributed by atoms with Crippen LogP contribution >= 0.6 is 23.1 Å². The smallest absolute Gasteiger partial charge is 0.262 e. The van der Waals surface area contributed by atoms with Gasteiger partial charge in [-0.1, -0.05) is 89.8 Å². The fourth-order valence-corrected chi connectivity index (χ4v) is 8.49. The van der Waals surface area contributed by atoms with Crippen LogP contribution < -0.4 is 14.4 Å². The van der Waals surface area contributed by atoms with E-state index in [9.17, 15) is 0 Å². The molecular formula is C39H36N3O2S2+. The van der Waals surface area contributed by atoms with Gasteiger partial charge < -0.3 is 9.80 Å². The van der Waals surface area contributed by atoms with E-state index in [0.717, 1.165) is 41.5 Å². The van der Waals surface area contributed by atoms with Crippen LogP contribution in [0.3, 0.4) is 0 Å². The van der Waals surface area contributed by atoms with E-state index in [1.807, 2.05) is 11.3 Å². The van der Waals surface area contributed by atoms with Crippen molar-refractivity contribution >= 4 is 56.5 Å². The van der Waals surface area contributed by atoms with E-state index >= 15 is 0 Å². The van der Waals surface area contributed by atoms with Crippen molar-refractivity contribution in [3.05, 3.63) is 154 Å². The standard InChI is InChI=1S/C39H35N3O2S2/c1-2-40-33-17-9-11-19-35(33)45-37(40)25-23-29-21-22-30(24-26-38-41(27-28-44-43)34-18-10-12-20-36(34)46-38)39(29)42(31-13-5-3-6-14-31)32-15-7-4-8-16-32/h3-20,23-26H,2,21-22,27-28H2,1H3/p+1. The van der Waals surface area contributed by atoms with E-state index in [0.29, 0.717) is 6.54 Å². The predicted octanol–water partition coefficient (Wildman–Crippen LogP) is 9.98. The van der Waals surface area contributed by atoms with Crippen LogP contribution in [0.4, 0.5) is 17.1 Å². The van der Waals surface area contributed by atoms with Crippen molar-refractivity contribution < 1.29 is 14.7 Å². The summed E-state index contributed by atoms with van der Waals surface area (Å²) < 4.78 is 3.71. The second kappa shape index (κ2) is 13.9. The molecule has 0 radical (unpaired) electrons. The molecule has 1 aromatic heterocycles. The van der Waals surface area contributed by atoms with Gasteiger partial charge in [-0.15, -0.1) is 0 Å². The first-order chi connectivity index (χ1) is 22.7. The van der Waals surface area contributed by atoms with Gasteiger partial charge in [0.25, 0.3) is 5.01 Å². The molecule has 230 valence electrons. The fourth-order valence-electron chi connectivity index (χ4n) is 6.27. The van der Waals surface area contributed by atoms with Gasteiger partial charge in [-0.2, -0.15) is 4.57 Å². The maximum absolute atomic E-state index is 9.13. The summed E-state index contributed by atoms with van der Waals surface area (Å²) in [5.41, 5.74) is 8.50. The topological polar surface area (TPSA) is 39.8 Å². The number of fused-ring (bicyclic) bond motifs is 2. The molecule has 1 aliphatic carbocycles. The summed E-state index contributed by atoms with van der Waals surface area (Å²) in [5, 5.41) is 11.5. The Hall–Kier alpha value is -4.40. The summed E-state index contributed by atoms with van der Waals surface area (Å²) in [7, 11) is 0. The lowest BCUT2D eigenvalue weighted by atomic mass is 10.1. The molecule has 2 heterocycles. The number of aromatic nitrogens is 1. The minimum absolute atomic E-state index is 0.230. The number of allylic oxidation sites excluding steroid dienone is 5. The van der Waals surface area contributed by atoms with Gasteiger partial charge in [0.05, 0.1) is 29.6 Å². The molecule has 7 rings (SSSR count). The lowest BCUT2D eigenvalue weighted by molar-refractivity contribution is -0.665. The van der Waals surface area contributed by atoms with Crippen LogP contribution in [-0.2, 0) is 11.4 Å². The number of rotatable bonds is 10. The summed E-state index contributed by atoms with van der Waals surface area (Å²) in [6.07, 6.45) is 11.1. The second-order valence-corrected chi connectivity index (χ2v) is 13.2. The van der Waals surface area contributed by atoms with Crippen molar-refractivity contribution in [3.63, 3.8) is 0 Å². The van der Waals surface area contributed by atoms with Crippen molar-refractivity contribution in [2.45, 2.75) is 31.2 Å². The van der Waals surface area contributed by atoms with E-state index < -0.39 is 0 Å². The van der Waals surface area contributed by atoms with Crippen molar-refractivity contribution in [3.8, 4) is 0 Å². The molecule has 0 atom stereocenters. The molecule has 0 spiro atoms. The summed E-state index contributed by atoms with van der Waals surface area (Å²) in [6, 6.07) is 38.4. The molecule has 4 aromatic carbocycles. The largest absolute Gasteiger partial charge is 0.333 e. The number of para-hydroxylation sites is 4. The molecule has 5 nitrogen and oxygen atoms in total. The molecule has 1 aliphatic heterocycles. The first kappa shape index (κ1) is 30.3. The Morgan fingerprint density at radius 3 is 2.26 bits per heavy atom. The number of benzene rings is 4. The maximum atomic E-state index is 9.13. The van der Waals surface area contributed by atoms with E-state index in [1.54, 1.807) is 11.8 Å². The van der Waals surface area contributed by atoms with E-state index in [2.05, 4.69) is 160 Å². The summed E-state index contributed by atoms with van der Waals surface area (Å²) in [5.74, 6) is 0. The Labute approximate surface area is 278 Å². The predicted molar refractivity (Wildman–Crippen MR) is 192 cm³/mol. The molecule has 46 heavy (non-hydrogen) atoms. The summed E-state index contributed by atoms with van der Waals surface area (Å²) in [4.78, 5) is 10.3. The zero-order chi connectivity index (χ0) is 31.3. The van der Waals surface area contributed by atoms with E-state index in [-0.39, 0.29) is 6.61 Å². The van der Waals surface area contributed by atoms with Crippen molar-refractivity contribution in [2.75, 3.05) is 23.0 Å². The normalized spacial score (nSPS) is 16.4. The number of nitrogens with zero attached hydrogens (tertiary/aromatic N) is 3. The molecule has 0 unspecified atom stereocenters. The Kier molecular flexibility index (Phi) is 9.17. The van der Waals surface area contributed by atoms with Crippen LogP contribution in [0.5, 0.6) is 0 Å². The number of aryl methyl sites for hydroxylation is 1. The number of thiazole rings is 1. The average Bonchev–Trinajstić information content (AvgIpc) is 3.79. The first-order valence-corrected chi connectivity index (χ1v) is 17.3. The van der Waals surface area contributed by atoms with Gasteiger partial charge in [0.15, 0.2) is 0 Å². The van der Waals surface area contributed by atoms with Crippen LogP contribution in [-0.4, -0.2) is 18.4 Å².